The average molecular weight is 431 g/mol. The first-order chi connectivity index (χ1) is 13.6. The van der Waals surface area contributed by atoms with Crippen molar-refractivity contribution in [1.29, 1.82) is 0 Å². The molecule has 0 fully saturated rings. The number of unbranched alkanes of at least 4 members (excludes halogenated alkanes) is 13. The number of aliphatic hydroxyl groups is 1. The number of ether oxygens (including phenoxy) is 1. The van der Waals surface area contributed by atoms with Gasteiger partial charge in [-0.1, -0.05) is 111 Å². The minimum absolute atomic E-state index is 0.124. The Morgan fingerprint density at radius 2 is 1.10 bits per heavy atom. The van der Waals surface area contributed by atoms with E-state index in [2.05, 4.69) is 40.8 Å². The first-order valence-corrected chi connectivity index (χ1v) is 15.5. The molecule has 0 rings (SSSR count). The van der Waals surface area contributed by atoms with Gasteiger partial charge in [-0.15, -0.1) is 0 Å². The molecule has 0 heterocycles. The summed E-state index contributed by atoms with van der Waals surface area (Å²) in [5.74, 6) is 0. The average Bonchev–Trinajstić information content (AvgIpc) is 2.62. The Labute approximate surface area is 184 Å². The zero-order chi connectivity index (χ0) is 22.2. The Balaban J connectivity index is 3.63. The normalized spacial score (nSPS) is 14.9. The monoisotopic (exact) mass is 430 g/mol. The second-order valence-corrected chi connectivity index (χ2v) is 15.2. The molecule has 0 aromatic carbocycles. The van der Waals surface area contributed by atoms with Crippen LogP contribution in [0.2, 0.25) is 18.1 Å². The molecule has 0 radical (unpaired) electrons. The van der Waals surface area contributed by atoms with Gasteiger partial charge in [-0.2, -0.15) is 0 Å². The number of hydrogen-bond donors (Lipinski definition) is 1. The molecule has 4 heteroatoms. The van der Waals surface area contributed by atoms with Crippen molar-refractivity contribution in [2.24, 2.45) is 0 Å². The van der Waals surface area contributed by atoms with E-state index in [1.807, 2.05) is 0 Å². The largest absolute Gasteiger partial charge is 0.390 e. The van der Waals surface area contributed by atoms with E-state index in [4.69, 9.17) is 9.16 Å². The molecule has 2 atom stereocenters. The molecular formula is C25H54O3Si. The molecule has 0 aliphatic heterocycles. The summed E-state index contributed by atoms with van der Waals surface area (Å²) in [6.45, 7) is 15.8. The maximum absolute atomic E-state index is 10.0. The minimum atomic E-state index is -1.92. The maximum atomic E-state index is 10.0. The predicted molar refractivity (Wildman–Crippen MR) is 130 cm³/mol. The third-order valence-electron chi connectivity index (χ3n) is 6.39. The first-order valence-electron chi connectivity index (χ1n) is 12.6. The van der Waals surface area contributed by atoms with E-state index in [0.717, 1.165) is 6.42 Å². The SMILES string of the molecule is CCCCCCCCCCCCCCCCOC(O[Si](C)(C)C(C)(C)C)C(C)O. The lowest BCUT2D eigenvalue weighted by Crippen LogP contribution is -2.47. The summed E-state index contributed by atoms with van der Waals surface area (Å²) >= 11 is 0. The van der Waals surface area contributed by atoms with E-state index in [1.165, 1.54) is 83.5 Å². The smallest absolute Gasteiger partial charge is 0.195 e. The summed E-state index contributed by atoms with van der Waals surface area (Å²) in [7, 11) is -1.92. The van der Waals surface area contributed by atoms with Gasteiger partial charge in [0.1, 0.15) is 6.10 Å². The van der Waals surface area contributed by atoms with Crippen LogP contribution >= 0.6 is 0 Å². The molecule has 176 valence electrons. The lowest BCUT2D eigenvalue weighted by atomic mass is 10.0. The fourth-order valence-electron chi connectivity index (χ4n) is 3.24. The van der Waals surface area contributed by atoms with Crippen molar-refractivity contribution in [3.05, 3.63) is 0 Å². The van der Waals surface area contributed by atoms with Crippen LogP contribution in [0.4, 0.5) is 0 Å². The summed E-state index contributed by atoms with van der Waals surface area (Å²) in [4.78, 5) is 0. The van der Waals surface area contributed by atoms with Crippen molar-refractivity contribution in [1.82, 2.24) is 0 Å². The molecule has 0 saturated carbocycles. The quantitative estimate of drug-likeness (QED) is 0.127. The van der Waals surface area contributed by atoms with E-state index in [1.54, 1.807) is 6.92 Å². The van der Waals surface area contributed by atoms with E-state index in [9.17, 15) is 5.11 Å². The van der Waals surface area contributed by atoms with E-state index >= 15 is 0 Å². The molecule has 0 amide bonds. The van der Waals surface area contributed by atoms with Crippen LogP contribution in [0.15, 0.2) is 0 Å². The van der Waals surface area contributed by atoms with Crippen molar-refractivity contribution >= 4 is 8.32 Å². The van der Waals surface area contributed by atoms with Gasteiger partial charge in [0.05, 0.1) is 0 Å². The molecule has 0 bridgehead atoms. The Kier molecular flexibility index (Phi) is 16.8. The molecule has 3 nitrogen and oxygen atoms in total. The van der Waals surface area contributed by atoms with Crippen LogP contribution in [-0.4, -0.2) is 32.4 Å². The fourth-order valence-corrected chi connectivity index (χ4v) is 4.43. The zero-order valence-electron chi connectivity index (χ0n) is 21.0. The van der Waals surface area contributed by atoms with Crippen molar-refractivity contribution in [3.8, 4) is 0 Å². The highest BCUT2D eigenvalue weighted by Gasteiger charge is 2.40. The Bertz CT molecular complexity index is 364. The maximum Gasteiger partial charge on any atom is 0.195 e. The second-order valence-electron chi connectivity index (χ2n) is 10.5. The van der Waals surface area contributed by atoms with Crippen LogP contribution in [0.25, 0.3) is 0 Å². The second kappa shape index (κ2) is 16.7. The van der Waals surface area contributed by atoms with Gasteiger partial charge in [0, 0.05) is 6.61 Å². The molecule has 0 spiro atoms. The third-order valence-corrected chi connectivity index (χ3v) is 10.8. The van der Waals surface area contributed by atoms with Gasteiger partial charge in [-0.3, -0.25) is 0 Å². The first kappa shape index (κ1) is 29.1. The minimum Gasteiger partial charge on any atom is -0.390 e. The van der Waals surface area contributed by atoms with E-state index in [-0.39, 0.29) is 5.04 Å². The molecule has 0 aromatic rings. The summed E-state index contributed by atoms with van der Waals surface area (Å²) in [6.07, 6.45) is 17.9. The highest BCUT2D eigenvalue weighted by Crippen LogP contribution is 2.37. The molecule has 1 N–H and O–H groups in total. The van der Waals surface area contributed by atoms with Gasteiger partial charge in [-0.05, 0) is 31.5 Å². The summed E-state index contributed by atoms with van der Waals surface area (Å²) in [6, 6.07) is 0. The molecule has 0 saturated heterocycles. The molecular weight excluding hydrogens is 376 g/mol. The standard InChI is InChI=1S/C25H54O3Si/c1-8-9-10-11-12-13-14-15-16-17-18-19-20-21-22-27-24(23(2)26)28-29(6,7)25(3,4)5/h23-24,26H,8-22H2,1-7H3. The van der Waals surface area contributed by atoms with Crippen LogP contribution < -0.4 is 0 Å². The topological polar surface area (TPSA) is 38.7 Å². The lowest BCUT2D eigenvalue weighted by molar-refractivity contribution is -0.147. The molecule has 29 heavy (non-hydrogen) atoms. The van der Waals surface area contributed by atoms with Crippen molar-refractivity contribution < 1.29 is 14.3 Å². The van der Waals surface area contributed by atoms with Crippen LogP contribution in [-0.2, 0) is 9.16 Å². The molecule has 0 aliphatic rings. The fraction of sp³-hybridized carbons (Fsp3) is 1.00. The summed E-state index contributed by atoms with van der Waals surface area (Å²) in [5.41, 5.74) is 0. The van der Waals surface area contributed by atoms with Gasteiger partial charge < -0.3 is 14.3 Å². The molecule has 0 aliphatic carbocycles. The number of rotatable bonds is 19. The van der Waals surface area contributed by atoms with Crippen molar-refractivity contribution in [2.45, 2.75) is 155 Å². The number of hydrogen-bond acceptors (Lipinski definition) is 3. The van der Waals surface area contributed by atoms with E-state index < -0.39 is 20.7 Å². The van der Waals surface area contributed by atoms with Gasteiger partial charge in [0.25, 0.3) is 0 Å². The van der Waals surface area contributed by atoms with Gasteiger partial charge in [0.2, 0.25) is 0 Å². The highest BCUT2D eigenvalue weighted by molar-refractivity contribution is 6.74. The van der Waals surface area contributed by atoms with Crippen LogP contribution in [0.1, 0.15) is 125 Å². The van der Waals surface area contributed by atoms with Gasteiger partial charge >= 0.3 is 0 Å². The predicted octanol–water partition coefficient (Wildman–Crippen LogP) is 8.21. The Morgan fingerprint density at radius 3 is 1.45 bits per heavy atom. The van der Waals surface area contributed by atoms with Crippen LogP contribution in [0.5, 0.6) is 0 Å². The van der Waals surface area contributed by atoms with Crippen molar-refractivity contribution in [2.75, 3.05) is 6.61 Å². The van der Waals surface area contributed by atoms with Gasteiger partial charge in [-0.25, -0.2) is 0 Å². The van der Waals surface area contributed by atoms with Crippen molar-refractivity contribution in [3.63, 3.8) is 0 Å². The zero-order valence-corrected chi connectivity index (χ0v) is 22.0. The van der Waals surface area contributed by atoms with Crippen LogP contribution in [0.3, 0.4) is 0 Å². The Hall–Kier alpha value is 0.0969. The summed E-state index contributed by atoms with van der Waals surface area (Å²) in [5, 5.41) is 10.2. The molecule has 2 unspecified atom stereocenters. The van der Waals surface area contributed by atoms with E-state index in [0.29, 0.717) is 6.61 Å². The summed E-state index contributed by atoms with van der Waals surface area (Å²) < 4.78 is 12.2. The number of aliphatic hydroxyl groups excluding tert-OH is 1. The molecule has 0 aromatic heterocycles. The van der Waals surface area contributed by atoms with Crippen LogP contribution in [0, 0.1) is 0 Å². The Morgan fingerprint density at radius 1 is 0.724 bits per heavy atom. The third kappa shape index (κ3) is 15.5. The highest BCUT2D eigenvalue weighted by atomic mass is 28.4. The van der Waals surface area contributed by atoms with Gasteiger partial charge in [0.15, 0.2) is 14.6 Å². The lowest BCUT2D eigenvalue weighted by Gasteiger charge is -2.39.